The van der Waals surface area contributed by atoms with Crippen LogP contribution >= 0.6 is 0 Å². The predicted octanol–water partition coefficient (Wildman–Crippen LogP) is 3.71. The first-order valence-electron chi connectivity index (χ1n) is 9.93. The van der Waals surface area contributed by atoms with Crippen molar-refractivity contribution >= 4 is 27.3 Å². The molecule has 0 spiro atoms. The maximum atomic E-state index is 13.3. The van der Waals surface area contributed by atoms with E-state index in [4.69, 9.17) is 0 Å². The first kappa shape index (κ1) is 23.0. The molecule has 8 nitrogen and oxygen atoms in total. The van der Waals surface area contributed by atoms with Crippen LogP contribution in [0.4, 0.5) is 11.4 Å². The molecule has 0 aliphatic heterocycles. The molecule has 3 aromatic rings. The summed E-state index contributed by atoms with van der Waals surface area (Å²) in [6.45, 7) is 1.84. The molecule has 0 unspecified atom stereocenters. The summed E-state index contributed by atoms with van der Waals surface area (Å²) in [5.41, 5.74) is 1.04. The van der Waals surface area contributed by atoms with E-state index in [9.17, 15) is 23.3 Å². The van der Waals surface area contributed by atoms with Gasteiger partial charge in [-0.1, -0.05) is 55.5 Å². The number of nitrogens with zero attached hydrogens (tertiary/aromatic N) is 2. The van der Waals surface area contributed by atoms with E-state index in [1.54, 1.807) is 18.2 Å². The van der Waals surface area contributed by atoms with E-state index >= 15 is 0 Å². The molecule has 1 atom stereocenters. The Bertz CT molecular complexity index is 1170. The van der Waals surface area contributed by atoms with E-state index in [0.717, 1.165) is 9.87 Å². The molecular weight excluding hydrogens is 430 g/mol. The van der Waals surface area contributed by atoms with Crippen LogP contribution in [-0.4, -0.2) is 32.3 Å². The van der Waals surface area contributed by atoms with Gasteiger partial charge in [-0.25, -0.2) is 8.42 Å². The summed E-state index contributed by atoms with van der Waals surface area (Å²) in [5, 5.41) is 13.7. The van der Waals surface area contributed by atoms with Crippen molar-refractivity contribution in [3.8, 4) is 0 Å². The lowest BCUT2D eigenvalue weighted by atomic mass is 10.0. The summed E-state index contributed by atoms with van der Waals surface area (Å²) in [6.07, 6.45) is 0. The van der Waals surface area contributed by atoms with Crippen LogP contribution in [0.25, 0.3) is 0 Å². The van der Waals surface area contributed by atoms with Gasteiger partial charge in [0.15, 0.2) is 0 Å². The lowest BCUT2D eigenvalue weighted by molar-refractivity contribution is -0.384. The number of hydrogen-bond donors (Lipinski definition) is 1. The number of carbonyl (C=O) groups is 1. The van der Waals surface area contributed by atoms with Crippen LogP contribution in [0.1, 0.15) is 18.4 Å². The van der Waals surface area contributed by atoms with Crippen LogP contribution in [0.15, 0.2) is 89.8 Å². The third-order valence-electron chi connectivity index (χ3n) is 4.94. The van der Waals surface area contributed by atoms with Crippen molar-refractivity contribution in [2.75, 3.05) is 17.4 Å². The van der Waals surface area contributed by atoms with Gasteiger partial charge in [-0.05, 0) is 35.7 Å². The first-order valence-corrected chi connectivity index (χ1v) is 11.4. The highest BCUT2D eigenvalue weighted by Crippen LogP contribution is 2.25. The zero-order chi connectivity index (χ0) is 23.1. The zero-order valence-electron chi connectivity index (χ0n) is 17.4. The van der Waals surface area contributed by atoms with Gasteiger partial charge in [0.25, 0.3) is 15.7 Å². The Kier molecular flexibility index (Phi) is 7.21. The highest BCUT2D eigenvalue weighted by molar-refractivity contribution is 7.92. The summed E-state index contributed by atoms with van der Waals surface area (Å²) < 4.78 is 27.5. The van der Waals surface area contributed by atoms with Gasteiger partial charge in [0, 0.05) is 18.7 Å². The maximum Gasteiger partial charge on any atom is 0.269 e. The molecule has 166 valence electrons. The molecular formula is C23H23N3O5S. The van der Waals surface area contributed by atoms with Gasteiger partial charge >= 0.3 is 0 Å². The fraction of sp³-hybridized carbons (Fsp3) is 0.174. The van der Waals surface area contributed by atoms with Crippen LogP contribution < -0.4 is 9.62 Å². The van der Waals surface area contributed by atoms with E-state index < -0.39 is 27.4 Å². The number of anilines is 1. The molecule has 32 heavy (non-hydrogen) atoms. The summed E-state index contributed by atoms with van der Waals surface area (Å²) in [6, 6.07) is 22.4. The molecule has 0 aliphatic rings. The number of sulfonamides is 1. The largest absolute Gasteiger partial charge is 0.354 e. The minimum Gasteiger partial charge on any atom is -0.354 e. The van der Waals surface area contributed by atoms with Gasteiger partial charge in [0.2, 0.25) is 5.91 Å². The van der Waals surface area contributed by atoms with E-state index in [2.05, 4.69) is 5.32 Å². The number of benzene rings is 3. The number of nitrogens with one attached hydrogen (secondary N) is 1. The maximum absolute atomic E-state index is 13.3. The summed E-state index contributed by atoms with van der Waals surface area (Å²) >= 11 is 0. The van der Waals surface area contributed by atoms with Crippen molar-refractivity contribution in [3.05, 3.63) is 101 Å². The highest BCUT2D eigenvalue weighted by Gasteiger charge is 2.27. The van der Waals surface area contributed by atoms with Crippen LogP contribution in [0, 0.1) is 10.1 Å². The SMILES string of the molecule is C[C@H](CNC(=O)CN(c1ccc([N+](=O)[O-])cc1)S(=O)(=O)c1ccccc1)c1ccccc1. The van der Waals surface area contributed by atoms with Gasteiger partial charge in [-0.15, -0.1) is 0 Å². The summed E-state index contributed by atoms with van der Waals surface area (Å²) in [7, 11) is -4.07. The molecule has 0 radical (unpaired) electrons. The van der Waals surface area contributed by atoms with Gasteiger partial charge in [0.1, 0.15) is 6.54 Å². The van der Waals surface area contributed by atoms with E-state index in [0.29, 0.717) is 6.54 Å². The molecule has 0 saturated carbocycles. The second-order valence-electron chi connectivity index (χ2n) is 7.21. The fourth-order valence-corrected chi connectivity index (χ4v) is 4.57. The minimum absolute atomic E-state index is 0.0174. The van der Waals surface area contributed by atoms with Crippen LogP contribution in [0.2, 0.25) is 0 Å². The topological polar surface area (TPSA) is 110 Å². The minimum atomic E-state index is -4.07. The normalized spacial score (nSPS) is 12.0. The third-order valence-corrected chi connectivity index (χ3v) is 6.73. The average molecular weight is 454 g/mol. The molecule has 1 amide bonds. The standard InChI is InChI=1S/C23H23N3O5S/c1-18(19-8-4-2-5-9-19)16-24-23(27)17-25(20-12-14-21(15-13-20)26(28)29)32(30,31)22-10-6-3-7-11-22/h2-15,18H,16-17H2,1H3,(H,24,27)/t18-/m1/s1. The van der Waals surface area contributed by atoms with Crippen LogP contribution in [0.5, 0.6) is 0 Å². The number of rotatable bonds is 9. The van der Waals surface area contributed by atoms with E-state index in [1.807, 2.05) is 37.3 Å². The van der Waals surface area contributed by atoms with Gasteiger partial charge in [0.05, 0.1) is 15.5 Å². The Morgan fingerprint density at radius 1 is 0.969 bits per heavy atom. The second-order valence-corrected chi connectivity index (χ2v) is 9.08. The monoisotopic (exact) mass is 453 g/mol. The van der Waals surface area contributed by atoms with Crippen LogP contribution in [0.3, 0.4) is 0 Å². The summed E-state index contributed by atoms with van der Waals surface area (Å²) in [4.78, 5) is 23.1. The second kappa shape index (κ2) is 10.1. The molecule has 0 saturated heterocycles. The molecule has 0 fully saturated rings. The van der Waals surface area contributed by atoms with E-state index in [-0.39, 0.29) is 22.2 Å². The molecule has 3 rings (SSSR count). The number of hydrogen-bond acceptors (Lipinski definition) is 5. The van der Waals surface area contributed by atoms with Crippen molar-refractivity contribution < 1.29 is 18.1 Å². The number of carbonyl (C=O) groups excluding carboxylic acids is 1. The van der Waals surface area contributed by atoms with E-state index in [1.165, 1.54) is 36.4 Å². The molecule has 1 N–H and O–H groups in total. The average Bonchev–Trinajstić information content (AvgIpc) is 2.82. The number of nitro groups is 1. The summed E-state index contributed by atoms with van der Waals surface area (Å²) in [5.74, 6) is -0.440. The van der Waals surface area contributed by atoms with Crippen molar-refractivity contribution in [3.63, 3.8) is 0 Å². The molecule has 9 heteroatoms. The zero-order valence-corrected chi connectivity index (χ0v) is 18.2. The third kappa shape index (κ3) is 5.50. The van der Waals surface area contributed by atoms with Gasteiger partial charge in [-0.3, -0.25) is 19.2 Å². The number of non-ortho nitro benzene ring substituents is 1. The van der Waals surface area contributed by atoms with Gasteiger partial charge in [-0.2, -0.15) is 0 Å². The molecule has 0 heterocycles. The Balaban J connectivity index is 1.82. The number of nitro benzene ring substituents is 1. The molecule has 3 aromatic carbocycles. The Morgan fingerprint density at radius 3 is 2.09 bits per heavy atom. The van der Waals surface area contributed by atoms with Crippen molar-refractivity contribution in [1.29, 1.82) is 0 Å². The smallest absolute Gasteiger partial charge is 0.269 e. The Hall–Kier alpha value is -3.72. The highest BCUT2D eigenvalue weighted by atomic mass is 32.2. The first-order chi connectivity index (χ1) is 15.3. The van der Waals surface area contributed by atoms with Gasteiger partial charge < -0.3 is 5.32 Å². The quantitative estimate of drug-likeness (QED) is 0.392. The van der Waals surface area contributed by atoms with Crippen molar-refractivity contribution in [2.45, 2.75) is 17.7 Å². The predicted molar refractivity (Wildman–Crippen MR) is 122 cm³/mol. The molecule has 0 aromatic heterocycles. The van der Waals surface area contributed by atoms with Crippen molar-refractivity contribution in [1.82, 2.24) is 5.32 Å². The Labute approximate surface area is 186 Å². The Morgan fingerprint density at radius 2 is 1.53 bits per heavy atom. The van der Waals surface area contributed by atoms with Crippen LogP contribution in [-0.2, 0) is 14.8 Å². The molecule has 0 aliphatic carbocycles. The number of amides is 1. The molecule has 0 bridgehead atoms. The lowest BCUT2D eigenvalue weighted by Gasteiger charge is -2.24. The fourth-order valence-electron chi connectivity index (χ4n) is 3.13. The lowest BCUT2D eigenvalue weighted by Crippen LogP contribution is -2.41. The van der Waals surface area contributed by atoms with Crippen molar-refractivity contribution in [2.24, 2.45) is 0 Å².